The van der Waals surface area contributed by atoms with Gasteiger partial charge in [0.1, 0.15) is 5.82 Å². The molecule has 46 heavy (non-hydrogen) atoms. The number of pyridine rings is 2. The fourth-order valence-corrected chi connectivity index (χ4v) is 8.05. The van der Waals surface area contributed by atoms with Crippen LogP contribution in [0.5, 0.6) is 0 Å². The summed E-state index contributed by atoms with van der Waals surface area (Å²) in [4.78, 5) is 8.95. The van der Waals surface area contributed by atoms with Crippen LogP contribution in [-0.2, 0) is 20.1 Å². The second-order valence-corrected chi connectivity index (χ2v) is 18.6. The van der Waals surface area contributed by atoms with E-state index in [4.69, 9.17) is 0 Å². The molecule has 0 aliphatic rings. The monoisotopic (exact) mass is 815 g/mol. The third-order valence-corrected chi connectivity index (χ3v) is 11.2. The van der Waals surface area contributed by atoms with Crippen LogP contribution in [0.1, 0.15) is 16.7 Å². The van der Waals surface area contributed by atoms with Crippen molar-refractivity contribution < 1.29 is 24.5 Å². The van der Waals surface area contributed by atoms with Gasteiger partial charge in [-0.2, -0.15) is 11.3 Å². The van der Waals surface area contributed by atoms with Gasteiger partial charge >= 0.3 is 0 Å². The Morgan fingerprint density at radius 2 is 1.43 bits per heavy atom. The molecule has 3 aromatic heterocycles. The summed E-state index contributed by atoms with van der Waals surface area (Å²) in [5, 5.41) is 3.82. The largest absolute Gasteiger partial charge is 0.305 e. The number of aromatic nitrogens is 2. The summed E-state index contributed by atoms with van der Waals surface area (Å²) in [7, 11) is -1.23. The van der Waals surface area contributed by atoms with E-state index < -0.39 is 8.07 Å². The zero-order valence-electron chi connectivity index (χ0n) is 26.8. The minimum atomic E-state index is -1.23. The zero-order valence-corrected chi connectivity index (χ0v) is 31.0. The predicted molar refractivity (Wildman–Crippen MR) is 192 cm³/mol. The van der Waals surface area contributed by atoms with Crippen molar-refractivity contribution in [2.45, 2.75) is 40.4 Å². The summed E-state index contributed by atoms with van der Waals surface area (Å²) < 4.78 is 17.2. The van der Waals surface area contributed by atoms with E-state index in [1.807, 2.05) is 56.4 Å². The quantitative estimate of drug-likeness (QED) is 0.131. The second kappa shape index (κ2) is 13.9. The van der Waals surface area contributed by atoms with Gasteiger partial charge in [-0.3, -0.25) is 0 Å². The molecule has 0 unspecified atom stereocenters. The first-order valence-electron chi connectivity index (χ1n) is 15.1. The summed E-state index contributed by atoms with van der Waals surface area (Å²) in [6.07, 6.45) is 3.35. The van der Waals surface area contributed by atoms with Crippen molar-refractivity contribution in [2.75, 3.05) is 0 Å². The topological polar surface area (TPSA) is 25.8 Å². The molecule has 3 heterocycles. The van der Waals surface area contributed by atoms with Gasteiger partial charge < -0.3 is 9.97 Å². The van der Waals surface area contributed by atoms with Crippen molar-refractivity contribution in [1.82, 2.24) is 9.97 Å². The number of hydrogen-bond acceptors (Lipinski definition) is 3. The van der Waals surface area contributed by atoms with Crippen molar-refractivity contribution in [1.29, 1.82) is 0 Å². The molecule has 7 aromatic rings. The number of nitrogens with zero attached hydrogens (tertiary/aromatic N) is 2. The van der Waals surface area contributed by atoms with E-state index in [2.05, 4.69) is 103 Å². The number of hydrogen-bond donors (Lipinski definition) is 0. The maximum Gasteiger partial charge on any atom is 0.147 e. The molecule has 0 bridgehead atoms. The molecule has 4 aromatic carbocycles. The van der Waals surface area contributed by atoms with E-state index in [0.717, 1.165) is 43.9 Å². The summed E-state index contributed by atoms with van der Waals surface area (Å²) in [6, 6.07) is 37.3. The molecule has 233 valence electrons. The van der Waals surface area contributed by atoms with Crippen LogP contribution in [0.3, 0.4) is 0 Å². The average Bonchev–Trinajstić information content (AvgIpc) is 3.41. The fourth-order valence-electron chi connectivity index (χ4n) is 5.80. The van der Waals surface area contributed by atoms with Crippen LogP contribution in [0, 0.1) is 38.7 Å². The van der Waals surface area contributed by atoms with Crippen molar-refractivity contribution in [3.05, 3.63) is 138 Å². The van der Waals surface area contributed by atoms with Gasteiger partial charge in [0, 0.05) is 36.6 Å². The molecule has 0 spiro atoms. The summed E-state index contributed by atoms with van der Waals surface area (Å²) >= 11 is 1.73. The third-order valence-electron chi connectivity index (χ3n) is 8.01. The van der Waals surface area contributed by atoms with Crippen LogP contribution in [0.2, 0.25) is 19.6 Å². The van der Waals surface area contributed by atoms with Crippen molar-refractivity contribution >= 4 is 44.8 Å². The Morgan fingerprint density at radius 3 is 2.11 bits per heavy atom. The molecule has 0 amide bonds. The molecule has 0 N–H and O–H groups in total. The van der Waals surface area contributed by atoms with Crippen molar-refractivity contribution in [3.8, 4) is 33.6 Å². The third kappa shape index (κ3) is 6.96. The maximum atomic E-state index is 14.8. The molecule has 7 rings (SSSR count). The molecule has 2 nitrogen and oxygen atoms in total. The van der Waals surface area contributed by atoms with E-state index in [1.54, 1.807) is 11.3 Å². The van der Waals surface area contributed by atoms with Gasteiger partial charge in [0.2, 0.25) is 0 Å². The maximum absolute atomic E-state index is 14.8. The Balaban J connectivity index is 0.000000209. The Hall–Kier alpha value is -3.80. The van der Waals surface area contributed by atoms with Gasteiger partial charge in [0.15, 0.2) is 0 Å². The van der Waals surface area contributed by atoms with Crippen LogP contribution in [0.4, 0.5) is 4.39 Å². The van der Waals surface area contributed by atoms with Gasteiger partial charge in [0.25, 0.3) is 0 Å². The molecule has 0 saturated heterocycles. The Morgan fingerprint density at radius 1 is 0.717 bits per heavy atom. The van der Waals surface area contributed by atoms with Crippen LogP contribution < -0.4 is 5.19 Å². The molecular weight excluding hydrogens is 780 g/mol. The number of thiophene rings is 1. The fraction of sp³-hybridized carbons (Fsp3) is 0.150. The first-order valence-corrected chi connectivity index (χ1v) is 19.4. The molecule has 1 radical (unpaired) electrons. The molecule has 0 aliphatic carbocycles. The number of halogens is 1. The molecular formula is C40H35FIrN2SSi-2. The standard InChI is InChI=1S/C26H19FNS.C14H16NSi.Ir/c1-15-11-16(2)25(17(3)12-15)21-13-23(28-14-22(21)27)20-9-6-8-19-18-7-4-5-10-24(18)29-26(19)20;1-16(2,3)13-9-10-14(15-11-13)12-7-5-4-6-8-12;/h4-8,10-14H,1-3H3;4-7,9-11H,1-3H3;/q2*-1;. The van der Waals surface area contributed by atoms with E-state index in [1.165, 1.54) is 32.4 Å². The van der Waals surface area contributed by atoms with Crippen molar-refractivity contribution in [2.24, 2.45) is 0 Å². The van der Waals surface area contributed by atoms with Gasteiger partial charge in [-0.25, -0.2) is 4.39 Å². The SMILES string of the molecule is C[Si](C)(C)c1ccc(-c2[c-]cccc2)nc1.Cc1cc(C)c(-c2cc(-c3[c-]ccc4c3sc3ccccc34)ncc2F)c(C)c1.[Ir]. The number of aryl methyl sites for hydroxylation is 3. The minimum Gasteiger partial charge on any atom is -0.305 e. The average molecular weight is 815 g/mol. The van der Waals surface area contributed by atoms with Gasteiger partial charge in [-0.1, -0.05) is 79.1 Å². The van der Waals surface area contributed by atoms with Crippen LogP contribution in [0.25, 0.3) is 53.8 Å². The van der Waals surface area contributed by atoms with Gasteiger partial charge in [0.05, 0.1) is 14.3 Å². The molecule has 6 heteroatoms. The Bertz CT molecular complexity index is 2110. The van der Waals surface area contributed by atoms with Gasteiger partial charge in [-0.15, -0.1) is 59.7 Å². The minimum absolute atomic E-state index is 0. The normalized spacial score (nSPS) is 11.2. The molecule has 0 fully saturated rings. The molecule has 0 saturated carbocycles. The predicted octanol–water partition coefficient (Wildman–Crippen LogP) is 10.7. The van der Waals surface area contributed by atoms with Crippen molar-refractivity contribution in [3.63, 3.8) is 0 Å². The van der Waals surface area contributed by atoms with Crippen LogP contribution in [-0.4, -0.2) is 18.0 Å². The summed E-state index contributed by atoms with van der Waals surface area (Å²) in [6.45, 7) is 13.1. The first kappa shape index (κ1) is 33.6. The Labute approximate surface area is 289 Å². The number of rotatable bonds is 4. The Kier molecular flexibility index (Phi) is 10.1. The number of fused-ring (bicyclic) bond motifs is 3. The van der Waals surface area contributed by atoms with Crippen LogP contribution >= 0.6 is 11.3 Å². The molecule has 0 aliphatic heterocycles. The molecule has 0 atom stereocenters. The summed E-state index contributed by atoms with van der Waals surface area (Å²) in [5.74, 6) is -0.299. The first-order chi connectivity index (χ1) is 21.6. The van der Waals surface area contributed by atoms with E-state index in [-0.39, 0.29) is 25.9 Å². The zero-order chi connectivity index (χ0) is 31.7. The van der Waals surface area contributed by atoms with Crippen LogP contribution in [0.15, 0.2) is 103 Å². The number of benzene rings is 4. The summed E-state index contributed by atoms with van der Waals surface area (Å²) in [5.41, 5.74) is 8.60. The smallest absolute Gasteiger partial charge is 0.147 e. The van der Waals surface area contributed by atoms with Gasteiger partial charge in [-0.05, 0) is 70.2 Å². The second-order valence-electron chi connectivity index (χ2n) is 12.5. The van der Waals surface area contributed by atoms with E-state index >= 15 is 0 Å². The van der Waals surface area contributed by atoms with E-state index in [0.29, 0.717) is 5.56 Å². The van der Waals surface area contributed by atoms with E-state index in [9.17, 15) is 4.39 Å².